The van der Waals surface area contributed by atoms with Crippen LogP contribution >= 0.6 is 27.5 Å². The summed E-state index contributed by atoms with van der Waals surface area (Å²) in [4.78, 5) is 27.7. The van der Waals surface area contributed by atoms with E-state index in [-0.39, 0.29) is 29.6 Å². The molecule has 1 heterocycles. The first-order valence-electron chi connectivity index (χ1n) is 8.17. The van der Waals surface area contributed by atoms with Crippen LogP contribution < -0.4 is 4.90 Å². The summed E-state index contributed by atoms with van der Waals surface area (Å²) in [7, 11) is 0. The first kappa shape index (κ1) is 15.4. The number of hydrogen-bond acceptors (Lipinski definition) is 2. The molecule has 0 spiro atoms. The molecule has 1 aliphatic heterocycles. The third kappa shape index (κ3) is 1.98. The molecule has 0 N–H and O–H groups in total. The molecule has 0 saturated carbocycles. The van der Waals surface area contributed by atoms with Crippen molar-refractivity contribution in [2.45, 2.75) is 11.8 Å². The summed E-state index contributed by atoms with van der Waals surface area (Å²) in [6, 6.07) is 15.3. The first-order chi connectivity index (χ1) is 12.1. The maximum Gasteiger partial charge on any atom is 0.238 e. The molecule has 3 nitrogen and oxygen atoms in total. The molecule has 3 aliphatic carbocycles. The molecule has 25 heavy (non-hydrogen) atoms. The van der Waals surface area contributed by atoms with Gasteiger partial charge in [0.05, 0.1) is 17.5 Å². The summed E-state index contributed by atoms with van der Waals surface area (Å²) in [6.45, 7) is 0. The molecule has 2 aromatic carbocycles. The number of halogens is 2. The Morgan fingerprint density at radius 2 is 1.64 bits per heavy atom. The van der Waals surface area contributed by atoms with E-state index in [0.717, 1.165) is 15.6 Å². The van der Waals surface area contributed by atoms with Crippen LogP contribution in [0.4, 0.5) is 5.69 Å². The number of hydrogen-bond donors (Lipinski definition) is 0. The van der Waals surface area contributed by atoms with Gasteiger partial charge in [-0.2, -0.15) is 0 Å². The Morgan fingerprint density at radius 1 is 0.920 bits per heavy atom. The van der Waals surface area contributed by atoms with Crippen LogP contribution in [0.15, 0.2) is 64.1 Å². The Balaban J connectivity index is 1.66. The molecule has 0 unspecified atom stereocenters. The Kier molecular flexibility index (Phi) is 3.25. The number of nitrogens with zero attached hydrogens (tertiary/aromatic N) is 1. The average molecular weight is 415 g/mol. The number of allylic oxidation sites excluding steroid dienone is 2. The van der Waals surface area contributed by atoms with Crippen molar-refractivity contribution in [1.29, 1.82) is 0 Å². The fraction of sp³-hybridized carbons (Fsp3) is 0.200. The van der Waals surface area contributed by atoms with Crippen LogP contribution in [0.3, 0.4) is 0 Å². The van der Waals surface area contributed by atoms with Crippen molar-refractivity contribution in [2.24, 2.45) is 11.8 Å². The van der Waals surface area contributed by atoms with E-state index in [0.29, 0.717) is 10.7 Å². The summed E-state index contributed by atoms with van der Waals surface area (Å²) in [6.07, 6.45) is 1.96. The van der Waals surface area contributed by atoms with E-state index in [2.05, 4.69) is 15.9 Å². The van der Waals surface area contributed by atoms with Crippen LogP contribution in [0.25, 0.3) is 0 Å². The molecule has 2 amide bonds. The van der Waals surface area contributed by atoms with E-state index in [1.807, 2.05) is 42.5 Å². The molecule has 124 valence electrons. The van der Waals surface area contributed by atoms with Gasteiger partial charge in [-0.3, -0.25) is 9.59 Å². The zero-order valence-corrected chi connectivity index (χ0v) is 15.4. The summed E-state index contributed by atoms with van der Waals surface area (Å²) in [5.74, 6) is -1.41. The lowest BCUT2D eigenvalue weighted by atomic mass is 9.60. The highest BCUT2D eigenvalue weighted by atomic mass is 79.9. The molecule has 4 atom stereocenters. The highest BCUT2D eigenvalue weighted by molar-refractivity contribution is 9.10. The fourth-order valence-electron chi connectivity index (χ4n) is 4.58. The maximum atomic E-state index is 13.2. The van der Waals surface area contributed by atoms with E-state index in [1.165, 1.54) is 4.90 Å². The van der Waals surface area contributed by atoms with Crippen LogP contribution in [-0.2, 0) is 9.59 Å². The molecule has 6 rings (SSSR count). The Labute approximate surface area is 158 Å². The molecule has 0 aromatic heterocycles. The van der Waals surface area contributed by atoms with Gasteiger partial charge in [0.15, 0.2) is 0 Å². The van der Waals surface area contributed by atoms with Gasteiger partial charge in [-0.15, -0.1) is 0 Å². The number of anilines is 1. The Bertz CT molecular complexity index is 970. The molecular formula is C20H13BrClNO2. The van der Waals surface area contributed by atoms with Gasteiger partial charge >= 0.3 is 0 Å². The Morgan fingerprint density at radius 3 is 2.40 bits per heavy atom. The van der Waals surface area contributed by atoms with Crippen LogP contribution in [0.1, 0.15) is 23.0 Å². The molecule has 5 heteroatoms. The first-order valence-corrected chi connectivity index (χ1v) is 9.34. The minimum absolute atomic E-state index is 0.127. The molecule has 4 aliphatic rings. The zero-order chi connectivity index (χ0) is 17.3. The standard InChI is InChI=1S/C20H13BrClNO2/c21-10-4-3-5-11(8-10)23-19(24)17-14-9-15(22)16(18(17)20(23)25)13-7-2-1-6-12(13)14/h1-9,14,16-18H/t14-,16+,17-,18-/m0/s1. The maximum absolute atomic E-state index is 13.2. The lowest BCUT2D eigenvalue weighted by molar-refractivity contribution is -0.122. The predicted octanol–water partition coefficient (Wildman–Crippen LogP) is 4.57. The summed E-state index contributed by atoms with van der Waals surface area (Å²) >= 11 is 9.93. The smallest absolute Gasteiger partial charge is 0.238 e. The highest BCUT2D eigenvalue weighted by Gasteiger charge is 2.60. The molecule has 0 radical (unpaired) electrons. The highest BCUT2D eigenvalue weighted by Crippen LogP contribution is 2.59. The SMILES string of the molecule is O=C1[C@@H]2[C@@H](C(=O)N1c1cccc(Br)c1)[C@H]1C(Cl)=C[C@H]2c2ccccc21. The summed E-state index contributed by atoms with van der Waals surface area (Å²) in [5, 5.41) is 0.683. The van der Waals surface area contributed by atoms with Gasteiger partial charge in [0.25, 0.3) is 0 Å². The number of carbonyl (C=O) groups is 2. The van der Waals surface area contributed by atoms with Crippen molar-refractivity contribution in [3.05, 3.63) is 75.2 Å². The lowest BCUT2D eigenvalue weighted by Crippen LogP contribution is -2.38. The van der Waals surface area contributed by atoms with Gasteiger partial charge in [0.2, 0.25) is 11.8 Å². The number of amides is 2. The van der Waals surface area contributed by atoms with Crippen molar-refractivity contribution in [1.82, 2.24) is 0 Å². The fourth-order valence-corrected chi connectivity index (χ4v) is 5.36. The number of carbonyl (C=O) groups excluding carboxylic acids is 2. The van der Waals surface area contributed by atoms with E-state index in [4.69, 9.17) is 11.6 Å². The van der Waals surface area contributed by atoms with Crippen molar-refractivity contribution in [3.8, 4) is 0 Å². The summed E-state index contributed by atoms with van der Waals surface area (Å²) < 4.78 is 0.836. The van der Waals surface area contributed by atoms with Crippen molar-refractivity contribution < 1.29 is 9.59 Å². The largest absolute Gasteiger partial charge is 0.274 e. The minimum atomic E-state index is -0.413. The molecule has 2 aromatic rings. The van der Waals surface area contributed by atoms with Crippen LogP contribution in [0.2, 0.25) is 0 Å². The van der Waals surface area contributed by atoms with Gasteiger partial charge < -0.3 is 0 Å². The van der Waals surface area contributed by atoms with Crippen LogP contribution in [0, 0.1) is 11.8 Å². The average Bonchev–Trinajstić information content (AvgIpc) is 2.87. The molecule has 1 saturated heterocycles. The van der Waals surface area contributed by atoms with Gasteiger partial charge in [0.1, 0.15) is 0 Å². The second kappa shape index (κ2) is 5.29. The number of benzene rings is 2. The number of rotatable bonds is 1. The molecule has 2 bridgehead atoms. The zero-order valence-electron chi connectivity index (χ0n) is 13.0. The van der Waals surface area contributed by atoms with Crippen molar-refractivity contribution in [2.75, 3.05) is 4.90 Å². The quantitative estimate of drug-likeness (QED) is 0.641. The van der Waals surface area contributed by atoms with Crippen molar-refractivity contribution in [3.63, 3.8) is 0 Å². The van der Waals surface area contributed by atoms with Gasteiger partial charge in [-0.05, 0) is 29.3 Å². The second-order valence-corrected chi connectivity index (χ2v) is 8.08. The van der Waals surface area contributed by atoms with Crippen LogP contribution in [0.5, 0.6) is 0 Å². The predicted molar refractivity (Wildman–Crippen MR) is 99.5 cm³/mol. The normalized spacial score (nSPS) is 29.5. The molecular weight excluding hydrogens is 402 g/mol. The third-order valence-electron chi connectivity index (χ3n) is 5.54. The molecule has 1 fully saturated rings. The minimum Gasteiger partial charge on any atom is -0.274 e. The monoisotopic (exact) mass is 413 g/mol. The van der Waals surface area contributed by atoms with E-state index >= 15 is 0 Å². The lowest BCUT2D eigenvalue weighted by Gasteiger charge is -2.42. The van der Waals surface area contributed by atoms with E-state index in [9.17, 15) is 9.59 Å². The van der Waals surface area contributed by atoms with E-state index < -0.39 is 5.92 Å². The topological polar surface area (TPSA) is 37.4 Å². The third-order valence-corrected chi connectivity index (χ3v) is 6.39. The Hall–Kier alpha value is -1.91. The van der Waals surface area contributed by atoms with E-state index in [1.54, 1.807) is 12.1 Å². The van der Waals surface area contributed by atoms with Crippen LogP contribution in [-0.4, -0.2) is 11.8 Å². The van der Waals surface area contributed by atoms with Gasteiger partial charge in [-0.25, -0.2) is 4.90 Å². The summed E-state index contributed by atoms with van der Waals surface area (Å²) in [5.41, 5.74) is 2.81. The van der Waals surface area contributed by atoms with Crippen molar-refractivity contribution >= 4 is 45.0 Å². The number of imide groups is 1. The van der Waals surface area contributed by atoms with Gasteiger partial charge in [0, 0.05) is 21.3 Å². The second-order valence-electron chi connectivity index (χ2n) is 6.73. The van der Waals surface area contributed by atoms with Gasteiger partial charge in [-0.1, -0.05) is 63.9 Å².